The van der Waals surface area contributed by atoms with E-state index >= 15 is 0 Å². The molecule has 3 nitrogen and oxygen atoms in total. The van der Waals surface area contributed by atoms with Crippen molar-refractivity contribution in [2.75, 3.05) is 6.61 Å². The van der Waals surface area contributed by atoms with E-state index in [9.17, 15) is 26.0 Å². The predicted molar refractivity (Wildman–Crippen MR) is 51.0 cm³/mol. The second-order valence-electron chi connectivity index (χ2n) is 3.10. The molecule has 1 aromatic rings. The topological polar surface area (TPSA) is 43.4 Å². The van der Waals surface area contributed by atoms with Crippen molar-refractivity contribution in [3.8, 4) is 0 Å². The minimum Gasteiger partial charge on any atom is -0.263 e. The van der Waals surface area contributed by atoms with Crippen LogP contribution in [-0.4, -0.2) is 20.5 Å². The molecule has 17 heavy (non-hydrogen) atoms. The minimum atomic E-state index is -5.57. The van der Waals surface area contributed by atoms with Crippen molar-refractivity contribution in [3.63, 3.8) is 0 Å². The first-order valence-corrected chi connectivity index (χ1v) is 5.83. The molecule has 0 heterocycles. The third-order valence-corrected chi connectivity index (χ3v) is 2.85. The molecule has 0 aromatic heterocycles. The summed E-state index contributed by atoms with van der Waals surface area (Å²) in [4.78, 5) is 0. The van der Waals surface area contributed by atoms with E-state index < -0.39 is 28.1 Å². The van der Waals surface area contributed by atoms with Gasteiger partial charge in [-0.1, -0.05) is 12.1 Å². The zero-order valence-corrected chi connectivity index (χ0v) is 9.18. The Morgan fingerprint density at radius 2 is 1.88 bits per heavy atom. The SMILES string of the molecule is O=S(=O)(OCCc1cccc(F)c1)C(F)(F)F. The molecular formula is C9H8F4O3S. The van der Waals surface area contributed by atoms with Gasteiger partial charge >= 0.3 is 15.6 Å². The first-order chi connectivity index (χ1) is 7.72. The molecule has 0 spiro atoms. The summed E-state index contributed by atoms with van der Waals surface area (Å²) >= 11 is 0. The standard InChI is InChI=1S/C9H8F4O3S/c10-8-3-1-2-7(6-8)4-5-16-17(14,15)9(11,12)13/h1-3,6H,4-5H2. The van der Waals surface area contributed by atoms with E-state index in [1.165, 1.54) is 12.1 Å². The number of rotatable bonds is 4. The van der Waals surface area contributed by atoms with E-state index in [1.807, 2.05) is 0 Å². The van der Waals surface area contributed by atoms with Gasteiger partial charge in [0.25, 0.3) is 0 Å². The van der Waals surface area contributed by atoms with Crippen molar-refractivity contribution >= 4 is 10.1 Å². The van der Waals surface area contributed by atoms with Gasteiger partial charge in [0.2, 0.25) is 0 Å². The van der Waals surface area contributed by atoms with Crippen molar-refractivity contribution in [3.05, 3.63) is 35.6 Å². The van der Waals surface area contributed by atoms with Crippen molar-refractivity contribution < 1.29 is 30.2 Å². The molecule has 1 aromatic carbocycles. The molecule has 0 atom stereocenters. The van der Waals surface area contributed by atoms with Gasteiger partial charge in [-0.15, -0.1) is 0 Å². The van der Waals surface area contributed by atoms with E-state index in [0.29, 0.717) is 5.56 Å². The van der Waals surface area contributed by atoms with Crippen LogP contribution in [0.15, 0.2) is 24.3 Å². The van der Waals surface area contributed by atoms with Gasteiger partial charge in [0.15, 0.2) is 0 Å². The van der Waals surface area contributed by atoms with Gasteiger partial charge in [-0.3, -0.25) is 4.18 Å². The summed E-state index contributed by atoms with van der Waals surface area (Å²) in [5.41, 5.74) is -5.09. The second kappa shape index (κ2) is 5.01. The lowest BCUT2D eigenvalue weighted by Gasteiger charge is -2.08. The second-order valence-corrected chi connectivity index (χ2v) is 4.71. The van der Waals surface area contributed by atoms with E-state index in [-0.39, 0.29) is 6.42 Å². The van der Waals surface area contributed by atoms with Crippen molar-refractivity contribution in [1.29, 1.82) is 0 Å². The third-order valence-electron chi connectivity index (χ3n) is 1.80. The Bertz CT molecular complexity index is 481. The van der Waals surface area contributed by atoms with Crippen LogP contribution < -0.4 is 0 Å². The fraction of sp³-hybridized carbons (Fsp3) is 0.333. The molecule has 0 radical (unpaired) electrons. The minimum absolute atomic E-state index is 0.132. The Morgan fingerprint density at radius 3 is 2.41 bits per heavy atom. The lowest BCUT2D eigenvalue weighted by molar-refractivity contribution is -0.0541. The highest BCUT2D eigenvalue weighted by Gasteiger charge is 2.47. The highest BCUT2D eigenvalue weighted by molar-refractivity contribution is 7.87. The molecule has 0 aliphatic rings. The van der Waals surface area contributed by atoms with Gasteiger partial charge in [-0.05, 0) is 24.1 Å². The fourth-order valence-corrected chi connectivity index (χ4v) is 1.46. The van der Waals surface area contributed by atoms with Crippen molar-refractivity contribution in [2.45, 2.75) is 11.9 Å². The van der Waals surface area contributed by atoms with Crippen molar-refractivity contribution in [2.24, 2.45) is 0 Å². The summed E-state index contributed by atoms with van der Waals surface area (Å²) in [6, 6.07) is 5.07. The maximum Gasteiger partial charge on any atom is 0.523 e. The molecule has 96 valence electrons. The summed E-state index contributed by atoms with van der Waals surface area (Å²) in [5.74, 6) is -0.554. The summed E-state index contributed by atoms with van der Waals surface area (Å²) in [5, 5.41) is 0. The predicted octanol–water partition coefficient (Wildman–Crippen LogP) is 2.23. The maximum absolute atomic E-state index is 12.7. The molecule has 0 unspecified atom stereocenters. The van der Waals surface area contributed by atoms with Crippen LogP contribution in [0.4, 0.5) is 17.6 Å². The number of benzene rings is 1. The van der Waals surface area contributed by atoms with Gasteiger partial charge in [0.05, 0.1) is 6.61 Å². The highest BCUT2D eigenvalue weighted by atomic mass is 32.2. The largest absolute Gasteiger partial charge is 0.523 e. The molecule has 0 aliphatic heterocycles. The molecule has 0 bridgehead atoms. The van der Waals surface area contributed by atoms with Crippen LogP contribution in [0.2, 0.25) is 0 Å². The van der Waals surface area contributed by atoms with Crippen LogP contribution in [0.5, 0.6) is 0 Å². The van der Waals surface area contributed by atoms with Crippen LogP contribution in [0.25, 0.3) is 0 Å². The van der Waals surface area contributed by atoms with E-state index in [2.05, 4.69) is 4.18 Å². The quantitative estimate of drug-likeness (QED) is 0.479. The zero-order chi connectivity index (χ0) is 13.1. The molecule has 0 aliphatic carbocycles. The van der Waals surface area contributed by atoms with Gasteiger partial charge in [0, 0.05) is 0 Å². The molecule has 1 rings (SSSR count). The van der Waals surface area contributed by atoms with Gasteiger partial charge in [-0.25, -0.2) is 4.39 Å². The van der Waals surface area contributed by atoms with E-state index in [1.54, 1.807) is 0 Å². The van der Waals surface area contributed by atoms with Gasteiger partial charge in [0.1, 0.15) is 5.82 Å². The highest BCUT2D eigenvalue weighted by Crippen LogP contribution is 2.24. The van der Waals surface area contributed by atoms with E-state index in [0.717, 1.165) is 12.1 Å². The molecular weight excluding hydrogens is 264 g/mol. The molecule has 8 heteroatoms. The van der Waals surface area contributed by atoms with Crippen LogP contribution >= 0.6 is 0 Å². The lowest BCUT2D eigenvalue weighted by atomic mass is 10.2. The molecule has 0 saturated heterocycles. The first-order valence-electron chi connectivity index (χ1n) is 4.42. The fourth-order valence-electron chi connectivity index (χ4n) is 1.03. The van der Waals surface area contributed by atoms with E-state index in [4.69, 9.17) is 0 Å². The molecule has 0 amide bonds. The zero-order valence-electron chi connectivity index (χ0n) is 8.37. The molecule has 0 fully saturated rings. The summed E-state index contributed by atoms with van der Waals surface area (Å²) in [6.45, 7) is -0.689. The van der Waals surface area contributed by atoms with Gasteiger partial charge < -0.3 is 0 Å². The number of halogens is 4. The van der Waals surface area contributed by atoms with Crippen LogP contribution in [0.3, 0.4) is 0 Å². The summed E-state index contributed by atoms with van der Waals surface area (Å²) < 4.78 is 73.0. The number of hydrogen-bond acceptors (Lipinski definition) is 3. The average Bonchev–Trinajstić information content (AvgIpc) is 2.15. The smallest absolute Gasteiger partial charge is 0.263 e. The Kier molecular flexibility index (Phi) is 4.10. The summed E-state index contributed by atoms with van der Waals surface area (Å²) in [7, 11) is -5.57. The average molecular weight is 272 g/mol. The number of hydrogen-bond donors (Lipinski definition) is 0. The molecule has 0 N–H and O–H groups in total. The van der Waals surface area contributed by atoms with Gasteiger partial charge in [-0.2, -0.15) is 21.6 Å². The molecule has 0 saturated carbocycles. The number of alkyl halides is 3. The Hall–Kier alpha value is -1.15. The monoisotopic (exact) mass is 272 g/mol. The first kappa shape index (κ1) is 13.9. The van der Waals surface area contributed by atoms with Crippen molar-refractivity contribution in [1.82, 2.24) is 0 Å². The Labute approximate surface area is 95.1 Å². The van der Waals surface area contributed by atoms with Crippen LogP contribution in [0.1, 0.15) is 5.56 Å². The van der Waals surface area contributed by atoms with Crippen LogP contribution in [-0.2, 0) is 20.7 Å². The Balaban J connectivity index is 2.55. The summed E-state index contributed by atoms with van der Waals surface area (Å²) in [6.07, 6.45) is -0.132. The van der Waals surface area contributed by atoms with Crippen LogP contribution in [0, 0.1) is 5.82 Å². The maximum atomic E-state index is 12.7. The lowest BCUT2D eigenvalue weighted by Crippen LogP contribution is -2.26. The Morgan fingerprint density at radius 1 is 1.24 bits per heavy atom. The third kappa shape index (κ3) is 3.97. The normalized spacial score (nSPS) is 12.7.